The molecule has 0 spiro atoms. The summed E-state index contributed by atoms with van der Waals surface area (Å²) < 4.78 is 12.6. The van der Waals surface area contributed by atoms with Crippen LogP contribution in [-0.2, 0) is 16.1 Å². The lowest BCUT2D eigenvalue weighted by molar-refractivity contribution is -0.131. The van der Waals surface area contributed by atoms with Gasteiger partial charge in [-0.2, -0.15) is 5.10 Å². The maximum atomic E-state index is 12.4. The Labute approximate surface area is 192 Å². The summed E-state index contributed by atoms with van der Waals surface area (Å²) in [6, 6.07) is 11.1. The van der Waals surface area contributed by atoms with E-state index in [9.17, 15) is 9.59 Å². The molecule has 2 aromatic heterocycles. The molecule has 0 aliphatic heterocycles. The summed E-state index contributed by atoms with van der Waals surface area (Å²) >= 11 is 0. The third kappa shape index (κ3) is 7.53. The third-order valence-corrected chi connectivity index (χ3v) is 4.74. The minimum Gasteiger partial charge on any atom is -0.492 e. The minimum absolute atomic E-state index is 0.0559. The summed E-state index contributed by atoms with van der Waals surface area (Å²) in [7, 11) is 1.71. The van der Waals surface area contributed by atoms with Gasteiger partial charge in [0.25, 0.3) is 0 Å². The van der Waals surface area contributed by atoms with Crippen LogP contribution in [0.1, 0.15) is 12.0 Å². The van der Waals surface area contributed by atoms with E-state index in [4.69, 9.17) is 15.2 Å². The van der Waals surface area contributed by atoms with E-state index < -0.39 is 0 Å². The van der Waals surface area contributed by atoms with Crippen LogP contribution in [0.25, 0.3) is 0 Å². The first kappa shape index (κ1) is 23.6. The predicted octanol–water partition coefficient (Wildman–Crippen LogP) is 2.11. The van der Waals surface area contributed by atoms with Crippen molar-refractivity contribution in [1.29, 1.82) is 0 Å². The molecule has 0 saturated carbocycles. The first-order chi connectivity index (χ1) is 15.9. The van der Waals surface area contributed by atoms with Gasteiger partial charge in [-0.25, -0.2) is 4.98 Å². The van der Waals surface area contributed by atoms with Crippen molar-refractivity contribution in [2.24, 2.45) is 0 Å². The number of amides is 2. The van der Waals surface area contributed by atoms with Gasteiger partial charge in [0.1, 0.15) is 18.9 Å². The SMILES string of the molecule is Cc1ccc(OCCN(C)C(=O)Cn2cc(NC(=O)CCOc3cccnc3N)cn2)cc1. The lowest BCUT2D eigenvalue weighted by Crippen LogP contribution is -2.33. The molecule has 0 bridgehead atoms. The van der Waals surface area contributed by atoms with E-state index in [1.165, 1.54) is 10.9 Å². The van der Waals surface area contributed by atoms with Crippen LogP contribution in [0.5, 0.6) is 11.5 Å². The fraction of sp³-hybridized carbons (Fsp3) is 0.304. The van der Waals surface area contributed by atoms with Crippen molar-refractivity contribution in [2.75, 3.05) is 37.9 Å². The van der Waals surface area contributed by atoms with Crippen LogP contribution in [0.2, 0.25) is 0 Å². The van der Waals surface area contributed by atoms with E-state index in [2.05, 4.69) is 15.4 Å². The van der Waals surface area contributed by atoms with Crippen LogP contribution in [0, 0.1) is 6.92 Å². The highest BCUT2D eigenvalue weighted by Crippen LogP contribution is 2.17. The molecular weight excluding hydrogens is 424 g/mol. The highest BCUT2D eigenvalue weighted by Gasteiger charge is 2.12. The molecule has 0 aliphatic carbocycles. The summed E-state index contributed by atoms with van der Waals surface area (Å²) in [5.41, 5.74) is 7.36. The van der Waals surface area contributed by atoms with Crippen LogP contribution in [0.3, 0.4) is 0 Å². The number of aromatic nitrogens is 3. The van der Waals surface area contributed by atoms with Gasteiger partial charge in [0.15, 0.2) is 11.6 Å². The number of benzene rings is 1. The second-order valence-electron chi connectivity index (χ2n) is 7.44. The summed E-state index contributed by atoms with van der Waals surface area (Å²) in [6.07, 6.45) is 4.79. The molecule has 2 heterocycles. The van der Waals surface area contributed by atoms with Crippen molar-refractivity contribution in [3.8, 4) is 11.5 Å². The number of nitrogen functional groups attached to an aromatic ring is 1. The van der Waals surface area contributed by atoms with Gasteiger partial charge in [0.2, 0.25) is 11.8 Å². The Bertz CT molecular complexity index is 1070. The van der Waals surface area contributed by atoms with Gasteiger partial charge in [-0.3, -0.25) is 14.3 Å². The molecule has 10 heteroatoms. The maximum Gasteiger partial charge on any atom is 0.244 e. The smallest absolute Gasteiger partial charge is 0.244 e. The summed E-state index contributed by atoms with van der Waals surface area (Å²) in [4.78, 5) is 30.0. The Morgan fingerprint density at radius 1 is 1.15 bits per heavy atom. The van der Waals surface area contributed by atoms with Gasteiger partial charge in [-0.1, -0.05) is 17.7 Å². The van der Waals surface area contributed by atoms with Crippen molar-refractivity contribution < 1.29 is 19.1 Å². The topological polar surface area (TPSA) is 125 Å². The third-order valence-electron chi connectivity index (χ3n) is 4.74. The van der Waals surface area contributed by atoms with Gasteiger partial charge in [-0.15, -0.1) is 0 Å². The number of nitrogens with one attached hydrogen (secondary N) is 1. The monoisotopic (exact) mass is 452 g/mol. The molecule has 0 unspecified atom stereocenters. The predicted molar refractivity (Wildman–Crippen MR) is 124 cm³/mol. The maximum absolute atomic E-state index is 12.4. The number of rotatable bonds is 11. The number of nitrogens with zero attached hydrogens (tertiary/aromatic N) is 4. The second kappa shape index (κ2) is 11.5. The number of hydrogen-bond donors (Lipinski definition) is 2. The number of ether oxygens (including phenoxy) is 2. The molecule has 3 aromatic rings. The van der Waals surface area contributed by atoms with Crippen molar-refractivity contribution in [3.05, 3.63) is 60.6 Å². The van der Waals surface area contributed by atoms with E-state index >= 15 is 0 Å². The highest BCUT2D eigenvalue weighted by molar-refractivity contribution is 5.90. The molecule has 174 valence electrons. The number of aryl methyl sites for hydroxylation is 1. The largest absolute Gasteiger partial charge is 0.492 e. The molecule has 10 nitrogen and oxygen atoms in total. The van der Waals surface area contributed by atoms with Crippen LogP contribution in [0.4, 0.5) is 11.5 Å². The average molecular weight is 453 g/mol. The zero-order valence-corrected chi connectivity index (χ0v) is 18.7. The van der Waals surface area contributed by atoms with Gasteiger partial charge in [-0.05, 0) is 31.2 Å². The fourth-order valence-corrected chi connectivity index (χ4v) is 2.84. The van der Waals surface area contributed by atoms with E-state index in [1.807, 2.05) is 31.2 Å². The molecule has 0 radical (unpaired) electrons. The quantitative estimate of drug-likeness (QED) is 0.456. The Morgan fingerprint density at radius 3 is 2.70 bits per heavy atom. The van der Waals surface area contributed by atoms with E-state index in [1.54, 1.807) is 36.5 Å². The number of anilines is 2. The van der Waals surface area contributed by atoms with Crippen molar-refractivity contribution in [3.63, 3.8) is 0 Å². The van der Waals surface area contributed by atoms with E-state index in [0.717, 1.165) is 11.3 Å². The molecular formula is C23H28N6O4. The number of likely N-dealkylation sites (N-methyl/N-ethyl adjacent to an activating group) is 1. The lowest BCUT2D eigenvalue weighted by atomic mass is 10.2. The van der Waals surface area contributed by atoms with Crippen LogP contribution in [0.15, 0.2) is 55.0 Å². The molecule has 0 aliphatic rings. The van der Waals surface area contributed by atoms with Gasteiger partial charge < -0.3 is 25.4 Å². The van der Waals surface area contributed by atoms with Gasteiger partial charge >= 0.3 is 0 Å². The van der Waals surface area contributed by atoms with Gasteiger partial charge in [0.05, 0.1) is 31.5 Å². The van der Waals surface area contributed by atoms with E-state index in [0.29, 0.717) is 24.6 Å². The molecule has 0 saturated heterocycles. The normalized spacial score (nSPS) is 10.5. The first-order valence-corrected chi connectivity index (χ1v) is 10.5. The Hall–Kier alpha value is -4.08. The number of hydrogen-bond acceptors (Lipinski definition) is 7. The fourth-order valence-electron chi connectivity index (χ4n) is 2.84. The van der Waals surface area contributed by atoms with Crippen molar-refractivity contribution >= 4 is 23.3 Å². The van der Waals surface area contributed by atoms with E-state index in [-0.39, 0.29) is 37.2 Å². The van der Waals surface area contributed by atoms with Crippen molar-refractivity contribution in [2.45, 2.75) is 19.9 Å². The zero-order chi connectivity index (χ0) is 23.6. The van der Waals surface area contributed by atoms with Crippen LogP contribution < -0.4 is 20.5 Å². The first-order valence-electron chi connectivity index (χ1n) is 10.5. The van der Waals surface area contributed by atoms with Crippen molar-refractivity contribution in [1.82, 2.24) is 19.7 Å². The van der Waals surface area contributed by atoms with Crippen LogP contribution >= 0.6 is 0 Å². The molecule has 1 aromatic carbocycles. The standard InChI is InChI=1S/C23H28N6O4/c1-17-5-7-19(8-6-17)32-13-11-28(2)22(31)16-29-15-18(14-26-29)27-21(30)9-12-33-20-4-3-10-25-23(20)24/h3-8,10,14-15H,9,11-13,16H2,1-2H3,(H2,24,25)(H,27,30). The molecule has 0 atom stereocenters. The zero-order valence-electron chi connectivity index (χ0n) is 18.7. The summed E-state index contributed by atoms with van der Waals surface area (Å²) in [5, 5.41) is 6.86. The number of carbonyl (C=O) groups excluding carboxylic acids is 2. The Morgan fingerprint density at radius 2 is 1.94 bits per heavy atom. The lowest BCUT2D eigenvalue weighted by Gasteiger charge is -2.17. The minimum atomic E-state index is -0.242. The molecule has 2 amide bonds. The van der Waals surface area contributed by atoms with Gasteiger partial charge in [0, 0.05) is 19.4 Å². The second-order valence-corrected chi connectivity index (χ2v) is 7.44. The molecule has 0 fully saturated rings. The molecule has 3 N–H and O–H groups in total. The number of nitrogens with two attached hydrogens (primary N) is 1. The Kier molecular flexibility index (Phi) is 8.23. The number of carbonyl (C=O) groups is 2. The number of pyridine rings is 1. The highest BCUT2D eigenvalue weighted by atomic mass is 16.5. The summed E-state index contributed by atoms with van der Waals surface area (Å²) in [6.45, 7) is 3.05. The Balaban J connectivity index is 1.37. The summed E-state index contributed by atoms with van der Waals surface area (Å²) in [5.74, 6) is 1.11. The molecule has 33 heavy (non-hydrogen) atoms. The average Bonchev–Trinajstić information content (AvgIpc) is 3.22. The van der Waals surface area contributed by atoms with Crippen LogP contribution in [-0.4, -0.2) is 58.3 Å². The molecule has 3 rings (SSSR count).